The van der Waals surface area contributed by atoms with Gasteiger partial charge >= 0.3 is 0 Å². The maximum Gasteiger partial charge on any atom is 0.266 e. The maximum atomic E-state index is 14.1. The molecule has 2 saturated heterocycles. The molecule has 0 N–H and O–H groups in total. The highest BCUT2D eigenvalue weighted by molar-refractivity contribution is 5.89. The van der Waals surface area contributed by atoms with Crippen molar-refractivity contribution < 1.29 is 9.53 Å². The summed E-state index contributed by atoms with van der Waals surface area (Å²) in [6.07, 6.45) is 6.56. The lowest BCUT2D eigenvalue weighted by Crippen LogP contribution is -2.52. The summed E-state index contributed by atoms with van der Waals surface area (Å²) >= 11 is 0. The summed E-state index contributed by atoms with van der Waals surface area (Å²) in [5.41, 5.74) is 1.95. The van der Waals surface area contributed by atoms with Crippen molar-refractivity contribution in [3.8, 4) is 11.3 Å². The number of hydrogen-bond donors (Lipinski definition) is 0. The van der Waals surface area contributed by atoms with Gasteiger partial charge in [0.05, 0.1) is 23.7 Å². The van der Waals surface area contributed by atoms with E-state index in [1.807, 2.05) is 35.2 Å². The second-order valence-corrected chi connectivity index (χ2v) is 8.83. The van der Waals surface area contributed by atoms with Crippen molar-refractivity contribution in [2.45, 2.75) is 43.7 Å². The minimum Gasteiger partial charge on any atom is -0.381 e. The number of ether oxygens (including phenoxy) is 1. The molecule has 1 aromatic carbocycles. The molecule has 2 aliphatic heterocycles. The number of nitrogens with zero attached hydrogens (tertiary/aromatic N) is 4. The van der Waals surface area contributed by atoms with Gasteiger partial charge in [-0.25, -0.2) is 4.68 Å². The monoisotopic (exact) mass is 444 g/mol. The number of pyridine rings is 1. The summed E-state index contributed by atoms with van der Waals surface area (Å²) in [6.45, 7) is 2.25. The van der Waals surface area contributed by atoms with Crippen molar-refractivity contribution in [1.29, 1.82) is 0 Å². The van der Waals surface area contributed by atoms with Gasteiger partial charge in [-0.05, 0) is 49.4 Å². The van der Waals surface area contributed by atoms with E-state index < -0.39 is 5.41 Å². The SMILES string of the molecule is O=C(N1CCCC1Cn1nc(-c2ccncc2)ccc1=O)C1(c2ccccc2)CCOCC1. The molecule has 0 bridgehead atoms. The van der Waals surface area contributed by atoms with Crippen LogP contribution in [0.2, 0.25) is 0 Å². The van der Waals surface area contributed by atoms with Gasteiger partial charge in [-0.1, -0.05) is 30.3 Å². The lowest BCUT2D eigenvalue weighted by Gasteiger charge is -2.40. The predicted molar refractivity (Wildman–Crippen MR) is 125 cm³/mol. The van der Waals surface area contributed by atoms with Crippen LogP contribution in [0, 0.1) is 0 Å². The molecular formula is C26H28N4O3. The minimum atomic E-state index is -0.570. The first-order valence-corrected chi connectivity index (χ1v) is 11.6. The third kappa shape index (κ3) is 4.20. The van der Waals surface area contributed by atoms with E-state index in [1.165, 1.54) is 4.68 Å². The number of amides is 1. The van der Waals surface area contributed by atoms with E-state index in [1.54, 1.807) is 24.5 Å². The van der Waals surface area contributed by atoms with Crippen molar-refractivity contribution in [2.75, 3.05) is 19.8 Å². The molecular weight excluding hydrogens is 416 g/mol. The summed E-state index contributed by atoms with van der Waals surface area (Å²) in [4.78, 5) is 32.7. The zero-order valence-electron chi connectivity index (χ0n) is 18.6. The van der Waals surface area contributed by atoms with Crippen molar-refractivity contribution >= 4 is 5.91 Å². The Morgan fingerprint density at radius 1 is 1.03 bits per heavy atom. The standard InChI is InChI=1S/C26H28N4O3/c31-24-9-8-23(20-10-14-27-15-11-20)28-30(24)19-22-7-4-16-29(22)25(32)26(12-17-33-18-13-26)21-5-2-1-3-6-21/h1-3,5-6,8-11,14-15,22H,4,7,12-13,16-19H2. The first-order chi connectivity index (χ1) is 16.2. The second kappa shape index (κ2) is 9.27. The summed E-state index contributed by atoms with van der Waals surface area (Å²) in [5.74, 6) is 0.151. The van der Waals surface area contributed by atoms with Gasteiger partial charge in [0.1, 0.15) is 0 Å². The third-order valence-corrected chi connectivity index (χ3v) is 6.95. The van der Waals surface area contributed by atoms with Gasteiger partial charge in [-0.3, -0.25) is 14.6 Å². The fraction of sp³-hybridized carbons (Fsp3) is 0.385. The van der Waals surface area contributed by atoms with Crippen LogP contribution in [-0.4, -0.2) is 51.4 Å². The lowest BCUT2D eigenvalue weighted by molar-refractivity contribution is -0.142. The molecule has 1 atom stereocenters. The van der Waals surface area contributed by atoms with Crippen molar-refractivity contribution in [2.24, 2.45) is 0 Å². The molecule has 0 radical (unpaired) electrons. The zero-order valence-corrected chi connectivity index (χ0v) is 18.6. The number of aromatic nitrogens is 3. The molecule has 33 heavy (non-hydrogen) atoms. The quantitative estimate of drug-likeness (QED) is 0.605. The molecule has 0 saturated carbocycles. The fourth-order valence-electron chi connectivity index (χ4n) is 5.13. The largest absolute Gasteiger partial charge is 0.381 e. The molecule has 170 valence electrons. The summed E-state index contributed by atoms with van der Waals surface area (Å²) < 4.78 is 7.13. The number of carbonyl (C=O) groups is 1. The van der Waals surface area contributed by atoms with Gasteiger partial charge in [-0.15, -0.1) is 0 Å². The Kier molecular flexibility index (Phi) is 6.05. The van der Waals surface area contributed by atoms with E-state index in [9.17, 15) is 9.59 Å². The molecule has 2 aromatic heterocycles. The zero-order chi connectivity index (χ0) is 22.7. The van der Waals surface area contributed by atoms with Crippen molar-refractivity contribution in [3.63, 3.8) is 0 Å². The van der Waals surface area contributed by atoms with E-state index in [0.717, 1.165) is 29.7 Å². The van der Waals surface area contributed by atoms with Crippen LogP contribution in [-0.2, 0) is 21.5 Å². The van der Waals surface area contributed by atoms with Crippen molar-refractivity contribution in [3.05, 3.63) is 82.9 Å². The van der Waals surface area contributed by atoms with E-state index in [2.05, 4.69) is 22.2 Å². The Hall–Kier alpha value is -3.32. The summed E-state index contributed by atoms with van der Waals surface area (Å²) in [6, 6.07) is 17.1. The molecule has 5 rings (SSSR count). The normalized spacial score (nSPS) is 20.0. The molecule has 1 unspecified atom stereocenters. The van der Waals surface area contributed by atoms with Crippen LogP contribution in [0.1, 0.15) is 31.2 Å². The Morgan fingerprint density at radius 2 is 1.79 bits per heavy atom. The number of rotatable bonds is 5. The highest BCUT2D eigenvalue weighted by Crippen LogP contribution is 2.38. The van der Waals surface area contributed by atoms with Crippen LogP contribution in [0.25, 0.3) is 11.3 Å². The average Bonchev–Trinajstić information content (AvgIpc) is 3.34. The van der Waals surface area contributed by atoms with Gasteiger partial charge in [0.25, 0.3) is 5.56 Å². The molecule has 0 aliphatic carbocycles. The number of hydrogen-bond acceptors (Lipinski definition) is 5. The second-order valence-electron chi connectivity index (χ2n) is 8.83. The smallest absolute Gasteiger partial charge is 0.266 e. The Morgan fingerprint density at radius 3 is 2.55 bits per heavy atom. The molecule has 2 aliphatic rings. The lowest BCUT2D eigenvalue weighted by atomic mass is 9.73. The Labute approximate surface area is 193 Å². The van der Waals surface area contributed by atoms with Crippen LogP contribution in [0.5, 0.6) is 0 Å². The topological polar surface area (TPSA) is 77.3 Å². The first kappa shape index (κ1) is 21.5. The van der Waals surface area contributed by atoms with Gasteiger partial charge < -0.3 is 9.64 Å². The Bertz CT molecular complexity index is 1160. The minimum absolute atomic E-state index is 0.0566. The highest BCUT2D eigenvalue weighted by Gasteiger charge is 2.46. The number of benzene rings is 1. The van der Waals surface area contributed by atoms with E-state index >= 15 is 0 Å². The van der Waals surface area contributed by atoms with Gasteiger partial charge in [0.2, 0.25) is 5.91 Å². The van der Waals surface area contributed by atoms with E-state index in [4.69, 9.17) is 4.74 Å². The first-order valence-electron chi connectivity index (χ1n) is 11.6. The molecule has 2 fully saturated rings. The van der Waals surface area contributed by atoms with Crippen LogP contribution in [0.3, 0.4) is 0 Å². The van der Waals surface area contributed by atoms with E-state index in [0.29, 0.717) is 39.1 Å². The fourth-order valence-corrected chi connectivity index (χ4v) is 5.13. The summed E-state index contributed by atoms with van der Waals surface area (Å²) in [5, 5.41) is 4.61. The Balaban J connectivity index is 1.43. The van der Waals surface area contributed by atoms with Crippen LogP contribution >= 0.6 is 0 Å². The van der Waals surface area contributed by atoms with Gasteiger partial charge in [-0.2, -0.15) is 5.10 Å². The molecule has 3 aromatic rings. The summed E-state index contributed by atoms with van der Waals surface area (Å²) in [7, 11) is 0. The molecule has 7 nitrogen and oxygen atoms in total. The van der Waals surface area contributed by atoms with Gasteiger partial charge in [0.15, 0.2) is 0 Å². The molecule has 4 heterocycles. The van der Waals surface area contributed by atoms with E-state index in [-0.39, 0.29) is 17.5 Å². The van der Waals surface area contributed by atoms with Gasteiger partial charge in [0, 0.05) is 43.8 Å². The molecule has 7 heteroatoms. The predicted octanol–water partition coefficient (Wildman–Crippen LogP) is 3.04. The molecule has 1 amide bonds. The highest BCUT2D eigenvalue weighted by atomic mass is 16.5. The number of likely N-dealkylation sites (tertiary alicyclic amines) is 1. The molecule has 0 spiro atoms. The average molecular weight is 445 g/mol. The van der Waals surface area contributed by atoms with Crippen LogP contribution < -0.4 is 5.56 Å². The van der Waals surface area contributed by atoms with Crippen molar-refractivity contribution in [1.82, 2.24) is 19.7 Å². The maximum absolute atomic E-state index is 14.1. The number of carbonyl (C=O) groups excluding carboxylic acids is 1. The van der Waals surface area contributed by atoms with Crippen LogP contribution in [0.4, 0.5) is 0 Å². The third-order valence-electron chi connectivity index (χ3n) is 6.95. The van der Waals surface area contributed by atoms with Crippen LogP contribution in [0.15, 0.2) is 71.8 Å².